The van der Waals surface area contributed by atoms with Crippen LogP contribution in [0, 0.1) is 0 Å². The van der Waals surface area contributed by atoms with Crippen molar-refractivity contribution in [2.75, 3.05) is 0 Å². The maximum Gasteiger partial charge on any atom is 0.0783 e. The van der Waals surface area contributed by atoms with Gasteiger partial charge in [-0.05, 0) is 32.9 Å². The molecule has 86 valence electrons. The predicted octanol–water partition coefficient (Wildman–Crippen LogP) is 4.04. The van der Waals surface area contributed by atoms with Gasteiger partial charge >= 0.3 is 0 Å². The van der Waals surface area contributed by atoms with Gasteiger partial charge < -0.3 is 9.67 Å². The average Bonchev–Trinajstić information content (AvgIpc) is 2.58. The molecular formula is C13H16BrNO. The van der Waals surface area contributed by atoms with Gasteiger partial charge in [0.1, 0.15) is 0 Å². The lowest BCUT2D eigenvalue weighted by atomic mass is 10.1. The Bertz CT molecular complexity index is 514. The second kappa shape index (κ2) is 4.22. The first-order chi connectivity index (χ1) is 7.52. The summed E-state index contributed by atoms with van der Waals surface area (Å²) < 4.78 is 3.24. The minimum absolute atomic E-state index is 0.393. The standard InChI is InChI=1S/C13H16BrNO/c1-8(2)15-7-10(9(3)16)13-11(14)5-4-6-12(13)15/h4-9,16H,1-3H3. The summed E-state index contributed by atoms with van der Waals surface area (Å²) in [6.45, 7) is 6.09. The first kappa shape index (κ1) is 11.7. The van der Waals surface area contributed by atoms with Crippen LogP contribution in [0.1, 0.15) is 38.5 Å². The molecule has 1 aromatic carbocycles. The Morgan fingerprint density at radius 2 is 1.94 bits per heavy atom. The lowest BCUT2D eigenvalue weighted by molar-refractivity contribution is 0.200. The summed E-state index contributed by atoms with van der Waals surface area (Å²) in [4.78, 5) is 0. The third kappa shape index (κ3) is 1.78. The van der Waals surface area contributed by atoms with Crippen LogP contribution < -0.4 is 0 Å². The van der Waals surface area contributed by atoms with Crippen LogP contribution in [0.4, 0.5) is 0 Å². The molecule has 2 rings (SSSR count). The molecule has 1 N–H and O–H groups in total. The number of aromatic nitrogens is 1. The summed E-state index contributed by atoms with van der Waals surface area (Å²) in [6.07, 6.45) is 1.60. The number of halogens is 1. The monoisotopic (exact) mass is 281 g/mol. The summed E-state index contributed by atoms with van der Waals surface area (Å²) >= 11 is 3.55. The van der Waals surface area contributed by atoms with Gasteiger partial charge in [-0.3, -0.25) is 0 Å². The summed E-state index contributed by atoms with van der Waals surface area (Å²) in [6, 6.07) is 6.52. The molecule has 1 heterocycles. The van der Waals surface area contributed by atoms with E-state index in [-0.39, 0.29) is 0 Å². The van der Waals surface area contributed by atoms with Gasteiger partial charge in [0.15, 0.2) is 0 Å². The van der Waals surface area contributed by atoms with Crippen molar-refractivity contribution < 1.29 is 5.11 Å². The molecule has 0 spiro atoms. The number of aliphatic hydroxyl groups is 1. The van der Waals surface area contributed by atoms with Crippen molar-refractivity contribution in [2.24, 2.45) is 0 Å². The average molecular weight is 282 g/mol. The molecule has 2 nitrogen and oxygen atoms in total. The van der Waals surface area contributed by atoms with E-state index in [2.05, 4.69) is 40.4 Å². The van der Waals surface area contributed by atoms with Crippen molar-refractivity contribution in [1.29, 1.82) is 0 Å². The highest BCUT2D eigenvalue weighted by Crippen LogP contribution is 2.33. The quantitative estimate of drug-likeness (QED) is 0.883. The number of hydrogen-bond donors (Lipinski definition) is 1. The van der Waals surface area contributed by atoms with Crippen LogP contribution in [-0.4, -0.2) is 9.67 Å². The highest BCUT2D eigenvalue weighted by Gasteiger charge is 2.15. The number of rotatable bonds is 2. The zero-order chi connectivity index (χ0) is 11.9. The van der Waals surface area contributed by atoms with Gasteiger partial charge in [0.05, 0.1) is 6.10 Å². The van der Waals surface area contributed by atoms with Crippen molar-refractivity contribution in [1.82, 2.24) is 4.57 Å². The maximum absolute atomic E-state index is 9.81. The highest BCUT2D eigenvalue weighted by atomic mass is 79.9. The number of benzene rings is 1. The zero-order valence-electron chi connectivity index (χ0n) is 9.74. The van der Waals surface area contributed by atoms with Crippen molar-refractivity contribution in [3.05, 3.63) is 34.4 Å². The number of aliphatic hydroxyl groups excluding tert-OH is 1. The smallest absolute Gasteiger partial charge is 0.0783 e. The molecular weight excluding hydrogens is 266 g/mol. The molecule has 0 amide bonds. The normalized spacial score (nSPS) is 13.6. The van der Waals surface area contributed by atoms with Crippen molar-refractivity contribution in [2.45, 2.75) is 32.9 Å². The predicted molar refractivity (Wildman–Crippen MR) is 70.7 cm³/mol. The van der Waals surface area contributed by atoms with Gasteiger partial charge in [-0.25, -0.2) is 0 Å². The Labute approximate surface area is 104 Å². The molecule has 3 heteroatoms. The molecule has 0 aliphatic heterocycles. The number of nitrogens with zero attached hydrogens (tertiary/aromatic N) is 1. The number of hydrogen-bond acceptors (Lipinski definition) is 1. The molecule has 0 aliphatic carbocycles. The van der Waals surface area contributed by atoms with Crippen molar-refractivity contribution >= 4 is 26.8 Å². The topological polar surface area (TPSA) is 25.2 Å². The molecule has 0 fully saturated rings. The Balaban J connectivity index is 2.82. The summed E-state index contributed by atoms with van der Waals surface area (Å²) in [5.41, 5.74) is 2.15. The van der Waals surface area contributed by atoms with E-state index in [1.54, 1.807) is 6.92 Å². The van der Waals surface area contributed by atoms with Crippen LogP contribution in [0.2, 0.25) is 0 Å². The molecule has 0 bridgehead atoms. The second-order valence-corrected chi connectivity index (χ2v) is 5.25. The fraction of sp³-hybridized carbons (Fsp3) is 0.385. The molecule has 0 radical (unpaired) electrons. The minimum Gasteiger partial charge on any atom is -0.389 e. The van der Waals surface area contributed by atoms with E-state index in [1.165, 1.54) is 5.52 Å². The molecule has 0 saturated heterocycles. The highest BCUT2D eigenvalue weighted by molar-refractivity contribution is 9.10. The van der Waals surface area contributed by atoms with Crippen LogP contribution >= 0.6 is 15.9 Å². The van der Waals surface area contributed by atoms with E-state index in [9.17, 15) is 5.11 Å². The van der Waals surface area contributed by atoms with E-state index < -0.39 is 6.10 Å². The van der Waals surface area contributed by atoms with E-state index in [4.69, 9.17) is 0 Å². The lowest BCUT2D eigenvalue weighted by Crippen LogP contribution is -1.98. The SMILES string of the molecule is CC(O)c1cn(C(C)C)c2cccc(Br)c12. The Hall–Kier alpha value is -0.800. The lowest BCUT2D eigenvalue weighted by Gasteiger charge is -2.08. The van der Waals surface area contributed by atoms with Crippen LogP contribution in [0.25, 0.3) is 10.9 Å². The fourth-order valence-corrected chi connectivity index (χ4v) is 2.63. The molecule has 1 atom stereocenters. The maximum atomic E-state index is 9.81. The first-order valence-electron chi connectivity index (χ1n) is 5.49. The molecule has 1 unspecified atom stereocenters. The third-order valence-electron chi connectivity index (χ3n) is 2.84. The van der Waals surface area contributed by atoms with Crippen LogP contribution in [0.3, 0.4) is 0 Å². The Morgan fingerprint density at radius 1 is 1.25 bits per heavy atom. The van der Waals surface area contributed by atoms with Gasteiger partial charge in [0.2, 0.25) is 0 Å². The van der Waals surface area contributed by atoms with E-state index in [1.807, 2.05) is 18.3 Å². The van der Waals surface area contributed by atoms with Gasteiger partial charge in [-0.15, -0.1) is 0 Å². The summed E-state index contributed by atoms with van der Waals surface area (Å²) in [5, 5.41) is 10.9. The largest absolute Gasteiger partial charge is 0.389 e. The van der Waals surface area contributed by atoms with Gasteiger partial charge in [-0.2, -0.15) is 0 Å². The zero-order valence-corrected chi connectivity index (χ0v) is 11.3. The summed E-state index contributed by atoms with van der Waals surface area (Å²) in [7, 11) is 0. The van der Waals surface area contributed by atoms with Crippen LogP contribution in [0.5, 0.6) is 0 Å². The molecule has 16 heavy (non-hydrogen) atoms. The van der Waals surface area contributed by atoms with Crippen LogP contribution in [-0.2, 0) is 0 Å². The van der Waals surface area contributed by atoms with E-state index in [0.29, 0.717) is 6.04 Å². The van der Waals surface area contributed by atoms with Crippen molar-refractivity contribution in [3.63, 3.8) is 0 Å². The molecule has 1 aromatic heterocycles. The van der Waals surface area contributed by atoms with E-state index in [0.717, 1.165) is 15.4 Å². The van der Waals surface area contributed by atoms with Gasteiger partial charge in [0, 0.05) is 33.2 Å². The Kier molecular flexibility index (Phi) is 3.08. The van der Waals surface area contributed by atoms with Crippen molar-refractivity contribution in [3.8, 4) is 0 Å². The first-order valence-corrected chi connectivity index (χ1v) is 6.28. The second-order valence-electron chi connectivity index (χ2n) is 4.40. The number of fused-ring (bicyclic) bond motifs is 1. The minimum atomic E-state index is -0.443. The molecule has 2 aromatic rings. The van der Waals surface area contributed by atoms with Gasteiger partial charge in [-0.1, -0.05) is 22.0 Å². The van der Waals surface area contributed by atoms with Gasteiger partial charge in [0.25, 0.3) is 0 Å². The third-order valence-corrected chi connectivity index (χ3v) is 3.50. The fourth-order valence-electron chi connectivity index (χ4n) is 2.04. The molecule has 0 saturated carbocycles. The van der Waals surface area contributed by atoms with Crippen LogP contribution in [0.15, 0.2) is 28.9 Å². The molecule has 0 aliphatic rings. The summed E-state index contributed by atoms with van der Waals surface area (Å²) in [5.74, 6) is 0. The Morgan fingerprint density at radius 3 is 2.50 bits per heavy atom. The van der Waals surface area contributed by atoms with E-state index >= 15 is 0 Å².